The second-order valence-corrected chi connectivity index (χ2v) is 8.44. The van der Waals surface area contributed by atoms with Gasteiger partial charge >= 0.3 is 6.18 Å². The summed E-state index contributed by atoms with van der Waals surface area (Å²) in [6, 6.07) is 4.32. The first-order valence-electron chi connectivity index (χ1n) is 9.32. The van der Waals surface area contributed by atoms with Gasteiger partial charge in [0.25, 0.3) is 5.91 Å². The van der Waals surface area contributed by atoms with E-state index in [0.717, 1.165) is 25.0 Å². The second kappa shape index (κ2) is 7.56. The lowest BCUT2D eigenvalue weighted by Crippen LogP contribution is -2.39. The highest BCUT2D eigenvalue weighted by Crippen LogP contribution is 2.31. The number of amides is 1. The van der Waals surface area contributed by atoms with Crippen molar-refractivity contribution in [1.29, 1.82) is 0 Å². The molecule has 0 spiro atoms. The number of piperidine rings is 1. The molecule has 0 bridgehead atoms. The molecular weight excluding hydrogens is 371 g/mol. The van der Waals surface area contributed by atoms with Crippen LogP contribution < -0.4 is 0 Å². The Bertz CT molecular complexity index is 822. The number of rotatable bonds is 3. The van der Waals surface area contributed by atoms with Crippen molar-refractivity contribution in [3.63, 3.8) is 0 Å². The summed E-state index contributed by atoms with van der Waals surface area (Å²) in [6.45, 7) is 7.22. The average Bonchev–Trinajstić information content (AvgIpc) is 3.07. The molecule has 1 atom stereocenters. The Balaban J connectivity index is 1.68. The highest BCUT2D eigenvalue weighted by Gasteiger charge is 2.32. The van der Waals surface area contributed by atoms with Crippen LogP contribution in [0.5, 0.6) is 0 Å². The zero-order valence-electron chi connectivity index (χ0n) is 16.2. The number of benzene rings is 1. The lowest BCUT2D eigenvalue weighted by Gasteiger charge is -2.31. The van der Waals surface area contributed by atoms with Gasteiger partial charge in [-0.15, -0.1) is 10.2 Å². The molecule has 28 heavy (non-hydrogen) atoms. The van der Waals surface area contributed by atoms with Gasteiger partial charge in [0.05, 0.1) is 11.5 Å². The fraction of sp³-hybridized carbons (Fsp3) is 0.550. The molecule has 0 aliphatic carbocycles. The standard InChI is InChI=1S/C20H24F3N3O2/c1-19(2,3)11-16-24-25-17(28-16)14-5-4-10-26(12-14)18(27)13-6-8-15(9-7-13)20(21,22)23/h6-9,14H,4-5,10-12H2,1-3H3. The molecule has 1 aliphatic heterocycles. The van der Waals surface area contributed by atoms with Gasteiger partial charge in [-0.3, -0.25) is 4.79 Å². The molecule has 1 aliphatic rings. The van der Waals surface area contributed by atoms with Crippen molar-refractivity contribution in [1.82, 2.24) is 15.1 Å². The van der Waals surface area contributed by atoms with Gasteiger partial charge in [0.15, 0.2) is 0 Å². The van der Waals surface area contributed by atoms with Crippen molar-refractivity contribution in [3.05, 3.63) is 47.2 Å². The third-order valence-corrected chi connectivity index (χ3v) is 4.68. The zero-order valence-corrected chi connectivity index (χ0v) is 16.2. The first-order valence-corrected chi connectivity index (χ1v) is 9.32. The van der Waals surface area contributed by atoms with Gasteiger partial charge in [0.2, 0.25) is 11.8 Å². The van der Waals surface area contributed by atoms with Gasteiger partial charge < -0.3 is 9.32 Å². The Morgan fingerprint density at radius 1 is 1.18 bits per heavy atom. The van der Waals surface area contributed by atoms with Gasteiger partial charge in [-0.2, -0.15) is 13.2 Å². The Hall–Kier alpha value is -2.38. The van der Waals surface area contributed by atoms with Crippen molar-refractivity contribution in [2.24, 2.45) is 5.41 Å². The molecular formula is C20H24F3N3O2. The van der Waals surface area contributed by atoms with Gasteiger partial charge in [-0.1, -0.05) is 20.8 Å². The third-order valence-electron chi connectivity index (χ3n) is 4.68. The number of hydrogen-bond acceptors (Lipinski definition) is 4. The fourth-order valence-electron chi connectivity index (χ4n) is 3.30. The molecule has 2 aromatic rings. The van der Waals surface area contributed by atoms with Crippen LogP contribution in [-0.2, 0) is 12.6 Å². The molecule has 8 heteroatoms. The molecule has 1 amide bonds. The van der Waals surface area contributed by atoms with Crippen molar-refractivity contribution >= 4 is 5.91 Å². The van der Waals surface area contributed by atoms with E-state index in [1.54, 1.807) is 4.90 Å². The number of hydrogen-bond donors (Lipinski definition) is 0. The second-order valence-electron chi connectivity index (χ2n) is 8.44. The number of likely N-dealkylation sites (tertiary alicyclic amines) is 1. The Morgan fingerprint density at radius 2 is 1.86 bits per heavy atom. The van der Waals surface area contributed by atoms with E-state index in [1.165, 1.54) is 12.1 Å². The molecule has 0 saturated carbocycles. The first kappa shape index (κ1) is 20.4. The van der Waals surface area contributed by atoms with Crippen LogP contribution in [0, 0.1) is 5.41 Å². The van der Waals surface area contributed by atoms with E-state index in [2.05, 4.69) is 31.0 Å². The smallest absolute Gasteiger partial charge is 0.416 e. The maximum Gasteiger partial charge on any atom is 0.416 e. The summed E-state index contributed by atoms with van der Waals surface area (Å²) < 4.78 is 43.9. The normalized spacial score (nSPS) is 18.4. The number of aromatic nitrogens is 2. The van der Waals surface area contributed by atoms with E-state index < -0.39 is 11.7 Å². The van der Waals surface area contributed by atoms with Crippen molar-refractivity contribution in [2.75, 3.05) is 13.1 Å². The molecule has 1 unspecified atom stereocenters. The first-order chi connectivity index (χ1) is 13.0. The van der Waals surface area contributed by atoms with Crippen LogP contribution >= 0.6 is 0 Å². The zero-order chi connectivity index (χ0) is 20.5. The molecule has 1 aromatic carbocycles. The van der Waals surface area contributed by atoms with Crippen LogP contribution in [0.3, 0.4) is 0 Å². The van der Waals surface area contributed by atoms with E-state index >= 15 is 0 Å². The quantitative estimate of drug-likeness (QED) is 0.756. The monoisotopic (exact) mass is 395 g/mol. The van der Waals surface area contributed by atoms with E-state index in [-0.39, 0.29) is 22.8 Å². The van der Waals surface area contributed by atoms with Crippen LogP contribution in [0.25, 0.3) is 0 Å². The minimum atomic E-state index is -4.42. The highest BCUT2D eigenvalue weighted by atomic mass is 19.4. The summed E-state index contributed by atoms with van der Waals surface area (Å²) in [5, 5.41) is 8.26. The lowest BCUT2D eigenvalue weighted by molar-refractivity contribution is -0.137. The molecule has 0 N–H and O–H groups in total. The summed E-state index contributed by atoms with van der Waals surface area (Å²) >= 11 is 0. The van der Waals surface area contributed by atoms with Crippen LogP contribution in [-0.4, -0.2) is 34.1 Å². The number of alkyl halides is 3. The van der Waals surface area contributed by atoms with Crippen LogP contribution in [0.4, 0.5) is 13.2 Å². The van der Waals surface area contributed by atoms with Gasteiger partial charge in [-0.25, -0.2) is 0 Å². The lowest BCUT2D eigenvalue weighted by atomic mass is 9.92. The number of halogens is 3. The largest absolute Gasteiger partial charge is 0.425 e. The molecule has 3 rings (SSSR count). The summed E-state index contributed by atoms with van der Waals surface area (Å²) in [6.07, 6.45) is -2.15. The molecule has 1 aromatic heterocycles. The van der Waals surface area contributed by atoms with Crippen LogP contribution in [0.1, 0.15) is 67.2 Å². The summed E-state index contributed by atoms with van der Waals surface area (Å²) in [5.74, 6) is 0.749. The summed E-state index contributed by atoms with van der Waals surface area (Å²) in [4.78, 5) is 14.4. The van der Waals surface area contributed by atoms with Gasteiger partial charge in [-0.05, 0) is 42.5 Å². The summed E-state index contributed by atoms with van der Waals surface area (Å²) in [7, 11) is 0. The third kappa shape index (κ3) is 4.91. The number of nitrogens with zero attached hydrogens (tertiary/aromatic N) is 3. The van der Waals surface area contributed by atoms with Crippen molar-refractivity contribution < 1.29 is 22.4 Å². The molecule has 2 heterocycles. The van der Waals surface area contributed by atoms with Crippen molar-refractivity contribution in [2.45, 2.75) is 52.1 Å². The maximum absolute atomic E-state index is 12.7. The van der Waals surface area contributed by atoms with Crippen LogP contribution in [0.2, 0.25) is 0 Å². The molecule has 1 fully saturated rings. The molecule has 152 valence electrons. The fourth-order valence-corrected chi connectivity index (χ4v) is 3.30. The van der Waals surface area contributed by atoms with E-state index in [9.17, 15) is 18.0 Å². The predicted molar refractivity (Wildman–Crippen MR) is 96.8 cm³/mol. The minimum absolute atomic E-state index is 0.0287. The summed E-state index contributed by atoms with van der Waals surface area (Å²) in [5.41, 5.74) is -0.494. The Kier molecular flexibility index (Phi) is 5.50. The van der Waals surface area contributed by atoms with E-state index in [0.29, 0.717) is 31.3 Å². The highest BCUT2D eigenvalue weighted by molar-refractivity contribution is 5.94. The van der Waals surface area contributed by atoms with E-state index in [4.69, 9.17) is 4.42 Å². The topological polar surface area (TPSA) is 59.2 Å². The van der Waals surface area contributed by atoms with Gasteiger partial charge in [0, 0.05) is 25.1 Å². The number of carbonyl (C=O) groups excluding carboxylic acids is 1. The van der Waals surface area contributed by atoms with Crippen molar-refractivity contribution in [3.8, 4) is 0 Å². The average molecular weight is 395 g/mol. The van der Waals surface area contributed by atoms with E-state index in [1.807, 2.05) is 0 Å². The minimum Gasteiger partial charge on any atom is -0.425 e. The Morgan fingerprint density at radius 3 is 2.46 bits per heavy atom. The Labute approximate surface area is 161 Å². The molecule has 0 radical (unpaired) electrons. The molecule has 5 nitrogen and oxygen atoms in total. The molecule has 1 saturated heterocycles. The van der Waals surface area contributed by atoms with Crippen LogP contribution in [0.15, 0.2) is 28.7 Å². The maximum atomic E-state index is 12.7. The SMILES string of the molecule is CC(C)(C)Cc1nnc(C2CCCN(C(=O)c3ccc(C(F)(F)F)cc3)C2)o1. The number of carbonyl (C=O) groups is 1. The van der Waals surface area contributed by atoms with Gasteiger partial charge in [0.1, 0.15) is 0 Å². The predicted octanol–water partition coefficient (Wildman–Crippen LogP) is 4.70.